The van der Waals surface area contributed by atoms with Crippen molar-refractivity contribution in [2.24, 2.45) is 0 Å². The molecule has 2 rings (SSSR count). The highest BCUT2D eigenvalue weighted by Crippen LogP contribution is 1.93. The van der Waals surface area contributed by atoms with Crippen LogP contribution in [-0.4, -0.2) is 14.6 Å². The largest absolute Gasteiger partial charge is 0.307 e. The first-order valence-corrected chi connectivity index (χ1v) is 3.31. The molecule has 2 heterocycles. The summed E-state index contributed by atoms with van der Waals surface area (Å²) in [6.07, 6.45) is 1.75. The maximum absolute atomic E-state index is 11.1. The van der Waals surface area contributed by atoms with Gasteiger partial charge in [0.05, 0.1) is 0 Å². The Balaban J connectivity index is 0.000000720. The Hall–Kier alpha value is -1.58. The van der Waals surface area contributed by atoms with Crippen molar-refractivity contribution in [2.75, 3.05) is 0 Å². The van der Waals surface area contributed by atoms with Crippen LogP contribution in [0.4, 0.5) is 0 Å². The summed E-state index contributed by atoms with van der Waals surface area (Å²) in [5, 5.41) is 4.06. The van der Waals surface area contributed by atoms with Crippen molar-refractivity contribution in [1.29, 1.82) is 0 Å². The average Bonchev–Trinajstić information content (AvgIpc) is 2.34. The Morgan fingerprint density at radius 2 is 2.33 bits per heavy atom. The van der Waals surface area contributed by atoms with E-state index in [0.29, 0.717) is 11.3 Å². The number of hydrogen-bond donors (Lipinski definition) is 1. The van der Waals surface area contributed by atoms with E-state index in [1.807, 2.05) is 0 Å². The van der Waals surface area contributed by atoms with E-state index in [-0.39, 0.29) is 13.0 Å². The molecule has 0 saturated carbocycles. The molecule has 0 aliphatic carbocycles. The molecule has 64 valence electrons. The quantitative estimate of drug-likeness (QED) is 0.632. The molecule has 0 amide bonds. The highest BCUT2D eigenvalue weighted by atomic mass is 16.1. The number of aromatic nitrogens is 3. The molecule has 0 radical (unpaired) electrons. The van der Waals surface area contributed by atoms with Crippen LogP contribution in [0.15, 0.2) is 23.1 Å². The number of rotatable bonds is 0. The second-order valence-corrected chi connectivity index (χ2v) is 2.38. The van der Waals surface area contributed by atoms with E-state index in [1.165, 1.54) is 0 Å². The van der Waals surface area contributed by atoms with Gasteiger partial charge >= 0.3 is 0 Å². The molecule has 2 aromatic heterocycles. The van der Waals surface area contributed by atoms with Crippen molar-refractivity contribution in [2.45, 2.75) is 14.4 Å². The highest BCUT2D eigenvalue weighted by molar-refractivity contribution is 5.43. The van der Waals surface area contributed by atoms with Crippen molar-refractivity contribution in [3.63, 3.8) is 0 Å². The van der Waals surface area contributed by atoms with Gasteiger partial charge < -0.3 is 4.98 Å². The molecule has 0 bridgehead atoms. The molecule has 0 spiro atoms. The van der Waals surface area contributed by atoms with E-state index in [0.717, 1.165) is 0 Å². The van der Waals surface area contributed by atoms with Crippen LogP contribution in [0.5, 0.6) is 0 Å². The Morgan fingerprint density at radius 3 is 3.08 bits per heavy atom. The number of fused-ring (bicyclic) bond motifs is 1. The molecule has 0 fully saturated rings. The maximum Gasteiger partial charge on any atom is 0.275 e. The number of H-pyrrole nitrogens is 1. The Bertz CT molecular complexity index is 441. The van der Waals surface area contributed by atoms with Gasteiger partial charge in [0.2, 0.25) is 0 Å². The van der Waals surface area contributed by atoms with Crippen LogP contribution in [0.3, 0.4) is 0 Å². The second kappa shape index (κ2) is 2.81. The summed E-state index contributed by atoms with van der Waals surface area (Å²) < 4.78 is 1.56. The molecule has 0 unspecified atom stereocenters. The lowest BCUT2D eigenvalue weighted by molar-refractivity contribution is 0.842. The molecule has 4 heteroatoms. The van der Waals surface area contributed by atoms with E-state index in [1.54, 1.807) is 29.8 Å². The minimum atomic E-state index is -0.0949. The van der Waals surface area contributed by atoms with Gasteiger partial charge in [0.15, 0.2) is 0 Å². The van der Waals surface area contributed by atoms with Gasteiger partial charge in [-0.25, -0.2) is 4.52 Å². The lowest BCUT2D eigenvalue weighted by atomic mass is 10.5. The van der Waals surface area contributed by atoms with E-state index >= 15 is 0 Å². The predicted octanol–water partition coefficient (Wildman–Crippen LogP) is 0.967. The van der Waals surface area contributed by atoms with Gasteiger partial charge in [0.25, 0.3) is 5.56 Å². The van der Waals surface area contributed by atoms with Crippen molar-refractivity contribution in [3.8, 4) is 0 Å². The lowest BCUT2D eigenvalue weighted by Gasteiger charge is -1.93. The van der Waals surface area contributed by atoms with Crippen LogP contribution < -0.4 is 5.56 Å². The molecule has 12 heavy (non-hydrogen) atoms. The molecule has 4 nitrogen and oxygen atoms in total. The van der Waals surface area contributed by atoms with Crippen LogP contribution in [0.1, 0.15) is 13.3 Å². The van der Waals surface area contributed by atoms with E-state index in [2.05, 4.69) is 10.1 Å². The van der Waals surface area contributed by atoms with Gasteiger partial charge in [-0.3, -0.25) is 4.79 Å². The normalized spacial score (nSPS) is 9.75. The molecule has 2 aromatic rings. The molecule has 0 aliphatic rings. The number of aryl methyl sites for hydroxylation is 1. The molecular weight excluding hydrogens is 154 g/mol. The number of nitrogens with zero attached hydrogens (tertiary/aromatic N) is 2. The first-order valence-electron chi connectivity index (χ1n) is 3.31. The van der Waals surface area contributed by atoms with Crippen molar-refractivity contribution in [3.05, 3.63) is 34.5 Å². The topological polar surface area (TPSA) is 50.2 Å². The Morgan fingerprint density at radius 1 is 1.58 bits per heavy atom. The summed E-state index contributed by atoms with van der Waals surface area (Å²) in [6, 6.07) is 3.52. The summed E-state index contributed by atoms with van der Waals surface area (Å²) >= 11 is 0. The van der Waals surface area contributed by atoms with Crippen LogP contribution in [0, 0.1) is 6.92 Å². The zero-order valence-electron chi connectivity index (χ0n) is 6.03. The number of aromatic amines is 1. The van der Waals surface area contributed by atoms with Crippen LogP contribution in [0.25, 0.3) is 5.52 Å². The van der Waals surface area contributed by atoms with Gasteiger partial charge in [-0.1, -0.05) is 7.43 Å². The zero-order valence-corrected chi connectivity index (χ0v) is 6.03. The number of hydrogen-bond acceptors (Lipinski definition) is 2. The van der Waals surface area contributed by atoms with Gasteiger partial charge in [0, 0.05) is 6.20 Å². The fourth-order valence-electron chi connectivity index (χ4n) is 1.05. The third kappa shape index (κ3) is 1.11. The van der Waals surface area contributed by atoms with Crippen LogP contribution in [-0.2, 0) is 0 Å². The minimum absolute atomic E-state index is 0. The van der Waals surface area contributed by atoms with Crippen LogP contribution >= 0.6 is 0 Å². The van der Waals surface area contributed by atoms with Crippen molar-refractivity contribution in [1.82, 2.24) is 14.6 Å². The molecule has 0 atom stereocenters. The molecule has 0 aliphatic heterocycles. The van der Waals surface area contributed by atoms with E-state index in [4.69, 9.17) is 0 Å². The molecular formula is C8H11N3O. The Kier molecular flexibility index (Phi) is 1.99. The second-order valence-electron chi connectivity index (χ2n) is 2.38. The fraction of sp³-hybridized carbons (Fsp3) is 0.250. The van der Waals surface area contributed by atoms with Gasteiger partial charge in [-0.05, 0) is 19.1 Å². The van der Waals surface area contributed by atoms with Crippen LogP contribution in [0.2, 0.25) is 0 Å². The smallest absolute Gasteiger partial charge is 0.275 e. The summed E-state index contributed by atoms with van der Waals surface area (Å²) in [4.78, 5) is 13.8. The monoisotopic (exact) mass is 165 g/mol. The minimum Gasteiger partial charge on any atom is -0.307 e. The molecule has 0 saturated heterocycles. The first-order chi connectivity index (χ1) is 5.27. The maximum atomic E-state index is 11.1. The predicted molar refractivity (Wildman–Crippen MR) is 47.3 cm³/mol. The van der Waals surface area contributed by atoms with Crippen molar-refractivity contribution < 1.29 is 0 Å². The van der Waals surface area contributed by atoms with Gasteiger partial charge in [-0.15, -0.1) is 0 Å². The first kappa shape index (κ1) is 8.52. The van der Waals surface area contributed by atoms with Gasteiger partial charge in [0.1, 0.15) is 11.3 Å². The zero-order chi connectivity index (χ0) is 7.84. The Labute approximate surface area is 69.9 Å². The number of nitrogens with one attached hydrogen (secondary N) is 1. The summed E-state index contributed by atoms with van der Waals surface area (Å²) in [7, 11) is 0. The SMILES string of the molecule is C.Cc1nn2cccc2c(=O)[nH]1. The average molecular weight is 165 g/mol. The lowest BCUT2D eigenvalue weighted by Crippen LogP contribution is -2.12. The summed E-state index contributed by atoms with van der Waals surface area (Å²) in [6.45, 7) is 1.75. The highest BCUT2D eigenvalue weighted by Gasteiger charge is 1.97. The van der Waals surface area contributed by atoms with Crippen molar-refractivity contribution >= 4 is 5.52 Å². The standard InChI is InChI=1S/C7H7N3O.CH4/c1-5-8-7(11)6-3-2-4-10(6)9-5;/h2-4H,1H3,(H,8,9,11);1H4. The van der Waals surface area contributed by atoms with E-state index < -0.39 is 0 Å². The third-order valence-electron chi connectivity index (χ3n) is 1.51. The molecule has 1 N–H and O–H groups in total. The third-order valence-corrected chi connectivity index (χ3v) is 1.51. The fourth-order valence-corrected chi connectivity index (χ4v) is 1.05. The van der Waals surface area contributed by atoms with Gasteiger partial charge in [-0.2, -0.15) is 5.10 Å². The van der Waals surface area contributed by atoms with E-state index in [9.17, 15) is 4.79 Å². The summed E-state index contributed by atoms with van der Waals surface area (Å²) in [5.74, 6) is 0.624. The molecule has 0 aromatic carbocycles. The summed E-state index contributed by atoms with van der Waals surface area (Å²) in [5.41, 5.74) is 0.484.